The molecule has 0 N–H and O–H groups in total. The van der Waals surface area contributed by atoms with Crippen LogP contribution in [0.3, 0.4) is 0 Å². The molecule has 1 fully saturated rings. The number of halogens is 2. The first-order valence-corrected chi connectivity index (χ1v) is 7.16. The average Bonchev–Trinajstić information content (AvgIpc) is 2.47. The Morgan fingerprint density at radius 2 is 2.19 bits per heavy atom. The molecule has 4 nitrogen and oxygen atoms in total. The fourth-order valence-electron chi connectivity index (χ4n) is 2.72. The minimum atomic E-state index is -0.978. The maximum absolute atomic E-state index is 11.9. The number of nitriles is 1. The fraction of sp³-hybridized carbons (Fsp3) is 0.400. The molecule has 2 rings (SSSR count). The molecular formula is C15H13Cl2NO3. The number of hydrogen-bond donors (Lipinski definition) is 0. The van der Waals surface area contributed by atoms with Crippen molar-refractivity contribution in [3.05, 3.63) is 33.8 Å². The van der Waals surface area contributed by atoms with E-state index < -0.39 is 17.3 Å². The van der Waals surface area contributed by atoms with Crippen LogP contribution in [0.4, 0.5) is 0 Å². The lowest BCUT2D eigenvalue weighted by molar-refractivity contribution is -0.151. The van der Waals surface area contributed by atoms with Crippen molar-refractivity contribution in [3.8, 4) is 6.07 Å². The summed E-state index contributed by atoms with van der Waals surface area (Å²) in [5.41, 5.74) is -0.383. The van der Waals surface area contributed by atoms with E-state index in [2.05, 4.69) is 10.8 Å². The number of nitrogens with zero attached hydrogens (tertiary/aromatic N) is 1. The van der Waals surface area contributed by atoms with Crippen LogP contribution in [-0.4, -0.2) is 18.9 Å². The number of ketones is 1. The summed E-state index contributed by atoms with van der Waals surface area (Å²) in [6.07, 6.45) is 0.555. The van der Waals surface area contributed by atoms with E-state index in [-0.39, 0.29) is 18.6 Å². The minimum absolute atomic E-state index is 0.0797. The smallest absolute Gasteiger partial charge is 0.316 e. The molecule has 1 aliphatic rings. The van der Waals surface area contributed by atoms with Crippen LogP contribution in [0, 0.1) is 17.2 Å². The van der Waals surface area contributed by atoms with Gasteiger partial charge in [-0.15, -0.1) is 0 Å². The first kappa shape index (κ1) is 15.8. The zero-order chi connectivity index (χ0) is 15.6. The summed E-state index contributed by atoms with van der Waals surface area (Å²) in [5.74, 6) is -1.72. The molecule has 0 radical (unpaired) electrons. The molecule has 0 amide bonds. The maximum Gasteiger partial charge on any atom is 0.316 e. The quantitative estimate of drug-likeness (QED) is 0.618. The van der Waals surface area contributed by atoms with E-state index in [4.69, 9.17) is 23.2 Å². The fourth-order valence-corrected chi connectivity index (χ4v) is 3.31. The highest BCUT2D eigenvalue weighted by atomic mass is 35.5. The summed E-state index contributed by atoms with van der Waals surface area (Å²) >= 11 is 12.1. The molecule has 2 atom stereocenters. The molecule has 0 saturated heterocycles. The summed E-state index contributed by atoms with van der Waals surface area (Å²) in [5, 5.41) is 10.5. The van der Waals surface area contributed by atoms with E-state index in [0.29, 0.717) is 22.0 Å². The molecule has 0 spiro atoms. The minimum Gasteiger partial charge on any atom is -0.468 e. The molecule has 1 aromatic carbocycles. The summed E-state index contributed by atoms with van der Waals surface area (Å²) in [6, 6.07) is 7.12. The van der Waals surface area contributed by atoms with Crippen LogP contribution in [-0.2, 0) is 19.7 Å². The molecule has 1 aromatic rings. The Balaban J connectivity index is 2.45. The lowest BCUT2D eigenvalue weighted by Crippen LogP contribution is -2.40. The van der Waals surface area contributed by atoms with Gasteiger partial charge >= 0.3 is 5.97 Å². The van der Waals surface area contributed by atoms with E-state index in [0.717, 1.165) is 0 Å². The number of Topliss-reactive ketones (excluding diaryl/α,β-unsaturated/α-hetero) is 1. The highest BCUT2D eigenvalue weighted by Gasteiger charge is 2.46. The topological polar surface area (TPSA) is 67.2 Å². The number of carbonyl (C=O) groups excluding carboxylic acids is 2. The lowest BCUT2D eigenvalue weighted by atomic mass is 9.66. The van der Waals surface area contributed by atoms with Crippen molar-refractivity contribution in [1.82, 2.24) is 0 Å². The monoisotopic (exact) mass is 325 g/mol. The Bertz CT molecular complexity index is 630. The molecule has 1 saturated carbocycles. The third-order valence-corrected chi connectivity index (χ3v) is 4.43. The maximum atomic E-state index is 11.9. The van der Waals surface area contributed by atoms with Gasteiger partial charge < -0.3 is 4.74 Å². The number of methoxy groups -OCH3 is 1. The van der Waals surface area contributed by atoms with Crippen molar-refractivity contribution >= 4 is 35.0 Å². The molecule has 0 heterocycles. The van der Waals surface area contributed by atoms with E-state index in [1.807, 2.05) is 0 Å². The second-order valence-corrected chi connectivity index (χ2v) is 5.91. The Labute approximate surface area is 132 Å². The zero-order valence-electron chi connectivity index (χ0n) is 11.4. The molecule has 1 aliphatic carbocycles. The van der Waals surface area contributed by atoms with Crippen LogP contribution in [0.15, 0.2) is 18.2 Å². The Morgan fingerprint density at radius 1 is 1.48 bits per heavy atom. The van der Waals surface area contributed by atoms with E-state index in [1.165, 1.54) is 7.11 Å². The van der Waals surface area contributed by atoms with Crippen molar-refractivity contribution in [1.29, 1.82) is 5.26 Å². The molecule has 21 heavy (non-hydrogen) atoms. The average molecular weight is 326 g/mol. The first-order valence-electron chi connectivity index (χ1n) is 6.41. The van der Waals surface area contributed by atoms with Gasteiger partial charge in [0.2, 0.25) is 0 Å². The molecule has 0 bridgehead atoms. The van der Waals surface area contributed by atoms with Crippen LogP contribution in [0.5, 0.6) is 0 Å². The van der Waals surface area contributed by atoms with Gasteiger partial charge in [0.1, 0.15) is 11.7 Å². The lowest BCUT2D eigenvalue weighted by Gasteiger charge is -2.34. The number of benzene rings is 1. The first-order chi connectivity index (χ1) is 9.93. The largest absolute Gasteiger partial charge is 0.468 e. The number of ether oxygens (including phenoxy) is 1. The van der Waals surface area contributed by atoms with Gasteiger partial charge in [-0.2, -0.15) is 5.26 Å². The second-order valence-electron chi connectivity index (χ2n) is 5.06. The number of hydrogen-bond acceptors (Lipinski definition) is 4. The Hall–Kier alpha value is -1.57. The van der Waals surface area contributed by atoms with Gasteiger partial charge in [-0.05, 0) is 30.5 Å². The van der Waals surface area contributed by atoms with Crippen LogP contribution in [0.1, 0.15) is 24.8 Å². The van der Waals surface area contributed by atoms with Gasteiger partial charge in [-0.25, -0.2) is 0 Å². The molecule has 0 unspecified atom stereocenters. The van der Waals surface area contributed by atoms with E-state index in [9.17, 15) is 14.9 Å². The number of rotatable bonds is 2. The van der Waals surface area contributed by atoms with Crippen molar-refractivity contribution in [2.45, 2.75) is 24.7 Å². The van der Waals surface area contributed by atoms with Gasteiger partial charge in [0.25, 0.3) is 0 Å². The Kier molecular flexibility index (Phi) is 4.55. The SMILES string of the molecule is COC(=O)[C@@H]1C[C@](C#N)(c2ccc(Cl)cc2Cl)CCC1=O. The third kappa shape index (κ3) is 2.90. The predicted octanol–water partition coefficient (Wildman–Crippen LogP) is 3.30. The molecule has 0 aliphatic heterocycles. The van der Waals surface area contributed by atoms with Crippen molar-refractivity contribution in [2.75, 3.05) is 7.11 Å². The molecule has 6 heteroatoms. The van der Waals surface area contributed by atoms with Gasteiger partial charge in [-0.1, -0.05) is 29.3 Å². The van der Waals surface area contributed by atoms with Crippen molar-refractivity contribution < 1.29 is 14.3 Å². The zero-order valence-corrected chi connectivity index (χ0v) is 12.9. The Morgan fingerprint density at radius 3 is 2.76 bits per heavy atom. The second kappa shape index (κ2) is 6.05. The molecule has 0 aromatic heterocycles. The summed E-state index contributed by atoms with van der Waals surface area (Å²) in [7, 11) is 1.23. The molecular weight excluding hydrogens is 313 g/mol. The van der Waals surface area contributed by atoms with E-state index in [1.54, 1.807) is 18.2 Å². The van der Waals surface area contributed by atoms with Gasteiger partial charge in [0, 0.05) is 16.5 Å². The van der Waals surface area contributed by atoms with Gasteiger partial charge in [-0.3, -0.25) is 9.59 Å². The standard InChI is InChI=1S/C15H13Cl2NO3/c1-21-14(20)10-7-15(8-18,5-4-13(10)19)11-3-2-9(16)6-12(11)17/h2-3,6,10H,4-5,7H2,1H3/t10-,15-/m1/s1. The normalized spacial score (nSPS) is 25.2. The molecule has 110 valence electrons. The number of carbonyl (C=O) groups is 2. The summed E-state index contributed by atoms with van der Waals surface area (Å²) < 4.78 is 4.66. The van der Waals surface area contributed by atoms with Crippen LogP contribution >= 0.6 is 23.2 Å². The van der Waals surface area contributed by atoms with Crippen LogP contribution in [0.2, 0.25) is 10.0 Å². The number of esters is 1. The third-order valence-electron chi connectivity index (χ3n) is 3.89. The summed E-state index contributed by atoms with van der Waals surface area (Å²) in [6.45, 7) is 0. The van der Waals surface area contributed by atoms with Gasteiger partial charge in [0.05, 0.1) is 18.6 Å². The van der Waals surface area contributed by atoms with Crippen molar-refractivity contribution in [2.24, 2.45) is 5.92 Å². The predicted molar refractivity (Wildman–Crippen MR) is 78.1 cm³/mol. The summed E-state index contributed by atoms with van der Waals surface area (Å²) in [4.78, 5) is 23.6. The van der Waals surface area contributed by atoms with Crippen LogP contribution < -0.4 is 0 Å². The van der Waals surface area contributed by atoms with Crippen molar-refractivity contribution in [3.63, 3.8) is 0 Å². The van der Waals surface area contributed by atoms with E-state index >= 15 is 0 Å². The highest BCUT2D eigenvalue weighted by molar-refractivity contribution is 6.35. The van der Waals surface area contributed by atoms with Gasteiger partial charge in [0.15, 0.2) is 0 Å². The highest BCUT2D eigenvalue weighted by Crippen LogP contribution is 2.43. The van der Waals surface area contributed by atoms with Crippen LogP contribution in [0.25, 0.3) is 0 Å².